The number of nitrogens with zero attached hydrogens (tertiary/aromatic N) is 3. The summed E-state index contributed by atoms with van der Waals surface area (Å²) < 4.78 is 15.8. The first-order chi connectivity index (χ1) is 13.5. The number of rotatable bonds is 8. The van der Waals surface area contributed by atoms with Gasteiger partial charge in [-0.05, 0) is 43.5 Å². The minimum absolute atomic E-state index is 0.0188. The molecule has 1 aliphatic rings. The molecule has 0 radical (unpaired) electrons. The molecule has 1 heterocycles. The van der Waals surface area contributed by atoms with Crippen molar-refractivity contribution in [1.29, 1.82) is 0 Å². The Kier molecular flexibility index (Phi) is 6.34. The number of carbonyl (C=O) groups is 2. The molecule has 7 heteroatoms. The van der Waals surface area contributed by atoms with Crippen molar-refractivity contribution in [2.24, 2.45) is 7.05 Å². The molecule has 150 valence electrons. The molecule has 1 saturated carbocycles. The zero-order chi connectivity index (χ0) is 20.1. The van der Waals surface area contributed by atoms with Crippen molar-refractivity contribution in [2.75, 3.05) is 18.4 Å². The molecule has 1 N–H and O–H groups in total. The number of anilines is 1. The van der Waals surface area contributed by atoms with Gasteiger partial charge in [-0.2, -0.15) is 0 Å². The van der Waals surface area contributed by atoms with E-state index < -0.39 is 11.8 Å². The zero-order valence-corrected chi connectivity index (χ0v) is 16.4. The fraction of sp³-hybridized carbons (Fsp3) is 0.429. The van der Waals surface area contributed by atoms with Crippen LogP contribution in [0.4, 0.5) is 14.9 Å². The van der Waals surface area contributed by atoms with Gasteiger partial charge in [-0.25, -0.2) is 9.18 Å². The highest BCUT2D eigenvalue weighted by atomic mass is 19.1. The second kappa shape index (κ2) is 8.91. The van der Waals surface area contributed by atoms with E-state index in [-0.39, 0.29) is 24.2 Å². The first-order valence-corrected chi connectivity index (χ1v) is 9.69. The second-order valence-corrected chi connectivity index (χ2v) is 7.19. The van der Waals surface area contributed by atoms with Crippen LogP contribution in [-0.4, -0.2) is 45.4 Å². The minimum atomic E-state index is -0.498. The first kappa shape index (κ1) is 19.9. The fourth-order valence-corrected chi connectivity index (χ4v) is 3.18. The van der Waals surface area contributed by atoms with E-state index in [1.165, 1.54) is 17.0 Å². The van der Waals surface area contributed by atoms with Crippen molar-refractivity contribution in [3.63, 3.8) is 0 Å². The molecule has 0 spiro atoms. The third-order valence-corrected chi connectivity index (χ3v) is 4.91. The van der Waals surface area contributed by atoms with Gasteiger partial charge in [0.25, 0.3) is 0 Å². The summed E-state index contributed by atoms with van der Waals surface area (Å²) in [4.78, 5) is 28.9. The zero-order valence-electron chi connectivity index (χ0n) is 16.4. The van der Waals surface area contributed by atoms with E-state index in [1.54, 1.807) is 12.1 Å². The molecule has 3 rings (SSSR count). The molecule has 0 saturated heterocycles. The monoisotopic (exact) mass is 386 g/mol. The molecule has 1 aliphatic carbocycles. The standard InChI is InChI=1S/C21H27FN4O2/c1-3-12-25(21(28)23-19-9-5-4-8-18(19)22)15-20(27)26(16-10-11-16)14-17-7-6-13-24(17)2/h4-9,13,16H,3,10-12,14-15H2,1-2H3,(H,23,28). The first-order valence-electron chi connectivity index (χ1n) is 9.69. The molecule has 0 atom stereocenters. The summed E-state index contributed by atoms with van der Waals surface area (Å²) >= 11 is 0. The van der Waals surface area contributed by atoms with Crippen molar-refractivity contribution in [1.82, 2.24) is 14.4 Å². The van der Waals surface area contributed by atoms with E-state index in [9.17, 15) is 14.0 Å². The summed E-state index contributed by atoms with van der Waals surface area (Å²) in [7, 11) is 1.95. The van der Waals surface area contributed by atoms with Crippen LogP contribution in [0, 0.1) is 5.82 Å². The van der Waals surface area contributed by atoms with Gasteiger partial charge in [-0.3, -0.25) is 4.79 Å². The van der Waals surface area contributed by atoms with Gasteiger partial charge in [-0.15, -0.1) is 0 Å². The maximum absolute atomic E-state index is 13.8. The van der Waals surface area contributed by atoms with Crippen molar-refractivity contribution in [3.05, 3.63) is 54.1 Å². The van der Waals surface area contributed by atoms with E-state index in [0.717, 1.165) is 18.5 Å². The third-order valence-electron chi connectivity index (χ3n) is 4.91. The molecule has 1 aromatic heterocycles. The van der Waals surface area contributed by atoms with Gasteiger partial charge in [-0.1, -0.05) is 19.1 Å². The highest BCUT2D eigenvalue weighted by molar-refractivity contribution is 5.92. The molecule has 1 fully saturated rings. The number of benzene rings is 1. The Morgan fingerprint density at radius 3 is 2.57 bits per heavy atom. The number of aryl methyl sites for hydroxylation is 1. The highest BCUT2D eigenvalue weighted by Crippen LogP contribution is 2.28. The molecule has 1 aromatic carbocycles. The number of carbonyl (C=O) groups excluding carboxylic acids is 2. The van der Waals surface area contributed by atoms with Gasteiger partial charge in [0.15, 0.2) is 0 Å². The molecule has 0 unspecified atom stereocenters. The number of urea groups is 1. The summed E-state index contributed by atoms with van der Waals surface area (Å²) in [6.07, 6.45) is 4.64. The van der Waals surface area contributed by atoms with Gasteiger partial charge in [0, 0.05) is 31.5 Å². The van der Waals surface area contributed by atoms with Crippen LogP contribution in [-0.2, 0) is 18.4 Å². The molecular formula is C21H27FN4O2. The fourth-order valence-electron chi connectivity index (χ4n) is 3.18. The summed E-state index contributed by atoms with van der Waals surface area (Å²) in [5.74, 6) is -0.581. The van der Waals surface area contributed by atoms with E-state index in [4.69, 9.17) is 0 Å². The number of hydrogen-bond acceptors (Lipinski definition) is 2. The Morgan fingerprint density at radius 2 is 1.96 bits per heavy atom. The molecular weight excluding hydrogens is 359 g/mol. The predicted octanol–water partition coefficient (Wildman–Crippen LogP) is 3.60. The third kappa shape index (κ3) is 4.91. The summed E-state index contributed by atoms with van der Waals surface area (Å²) in [6.45, 7) is 2.88. The number of nitrogens with one attached hydrogen (secondary N) is 1. The van der Waals surface area contributed by atoms with Gasteiger partial charge in [0.05, 0.1) is 12.2 Å². The molecule has 28 heavy (non-hydrogen) atoms. The summed E-state index contributed by atoms with van der Waals surface area (Å²) in [6, 6.07) is 9.74. The second-order valence-electron chi connectivity index (χ2n) is 7.19. The Bertz CT molecular complexity index is 831. The Labute approximate surface area is 164 Å². The van der Waals surface area contributed by atoms with Crippen LogP contribution >= 0.6 is 0 Å². The molecule has 2 aromatic rings. The number of aromatic nitrogens is 1. The van der Waals surface area contributed by atoms with Crippen LogP contribution in [0.3, 0.4) is 0 Å². The lowest BCUT2D eigenvalue weighted by molar-refractivity contribution is -0.133. The maximum atomic E-state index is 13.8. The van der Waals surface area contributed by atoms with Crippen LogP contribution < -0.4 is 5.32 Å². The smallest absolute Gasteiger partial charge is 0.322 e. The van der Waals surface area contributed by atoms with Crippen molar-refractivity contribution >= 4 is 17.6 Å². The van der Waals surface area contributed by atoms with Crippen LogP contribution in [0.5, 0.6) is 0 Å². The number of halogens is 1. The number of hydrogen-bond donors (Lipinski definition) is 1. The van der Waals surface area contributed by atoms with Crippen LogP contribution in [0.2, 0.25) is 0 Å². The normalized spacial score (nSPS) is 13.2. The van der Waals surface area contributed by atoms with Crippen molar-refractivity contribution < 1.29 is 14.0 Å². The quantitative estimate of drug-likeness (QED) is 0.754. The molecule has 6 nitrogen and oxygen atoms in total. The Morgan fingerprint density at radius 1 is 1.21 bits per heavy atom. The lowest BCUT2D eigenvalue weighted by atomic mass is 10.3. The molecule has 0 aliphatic heterocycles. The Balaban J connectivity index is 1.67. The number of para-hydroxylation sites is 1. The average molecular weight is 386 g/mol. The largest absolute Gasteiger partial charge is 0.353 e. The summed E-state index contributed by atoms with van der Waals surface area (Å²) in [5.41, 5.74) is 1.17. The van der Waals surface area contributed by atoms with Crippen LogP contribution in [0.15, 0.2) is 42.6 Å². The van der Waals surface area contributed by atoms with Gasteiger partial charge in [0.2, 0.25) is 5.91 Å². The van der Waals surface area contributed by atoms with Crippen LogP contribution in [0.25, 0.3) is 0 Å². The van der Waals surface area contributed by atoms with Crippen molar-refractivity contribution in [3.8, 4) is 0 Å². The van der Waals surface area contributed by atoms with E-state index >= 15 is 0 Å². The minimum Gasteiger partial charge on any atom is -0.353 e. The van der Waals surface area contributed by atoms with Crippen LogP contribution in [0.1, 0.15) is 31.9 Å². The maximum Gasteiger partial charge on any atom is 0.322 e. The lowest BCUT2D eigenvalue weighted by Crippen LogP contribution is -2.45. The van der Waals surface area contributed by atoms with Crippen molar-refractivity contribution in [2.45, 2.75) is 38.8 Å². The lowest BCUT2D eigenvalue weighted by Gasteiger charge is -2.28. The average Bonchev–Trinajstić information content (AvgIpc) is 3.43. The van der Waals surface area contributed by atoms with E-state index in [0.29, 0.717) is 19.5 Å². The topological polar surface area (TPSA) is 57.6 Å². The van der Waals surface area contributed by atoms with Gasteiger partial charge >= 0.3 is 6.03 Å². The van der Waals surface area contributed by atoms with E-state index in [2.05, 4.69) is 5.32 Å². The molecule has 3 amide bonds. The summed E-state index contributed by atoms with van der Waals surface area (Å²) in [5, 5.41) is 2.58. The van der Waals surface area contributed by atoms with E-state index in [1.807, 2.05) is 41.8 Å². The SMILES string of the molecule is CCCN(CC(=O)N(Cc1cccn1C)C1CC1)C(=O)Nc1ccccc1F. The van der Waals surface area contributed by atoms with Gasteiger partial charge in [0.1, 0.15) is 12.4 Å². The Hall–Kier alpha value is -2.83. The number of amides is 3. The molecule has 0 bridgehead atoms. The predicted molar refractivity (Wildman–Crippen MR) is 106 cm³/mol. The highest BCUT2D eigenvalue weighted by Gasteiger charge is 2.34. The van der Waals surface area contributed by atoms with Gasteiger partial charge < -0.3 is 19.7 Å².